The fourth-order valence-electron chi connectivity index (χ4n) is 5.57. The first-order chi connectivity index (χ1) is 26.2. The number of nitrogens with zero attached hydrogens (tertiary/aromatic N) is 1. The van der Waals surface area contributed by atoms with Gasteiger partial charge in [-0.15, -0.1) is 0 Å². The summed E-state index contributed by atoms with van der Waals surface area (Å²) in [6, 6.07) is -6.96. The summed E-state index contributed by atoms with van der Waals surface area (Å²) in [5.74, 6) is -6.90. The molecule has 20 heteroatoms. The number of imidazole rings is 1. The Kier molecular flexibility index (Phi) is 21.9. The second-order valence-electron chi connectivity index (χ2n) is 15.0. The highest BCUT2D eigenvalue weighted by Gasteiger charge is 2.33. The van der Waals surface area contributed by atoms with Crippen molar-refractivity contribution in [3.05, 3.63) is 18.2 Å². The maximum Gasteiger partial charge on any atom is 0.326 e. The number of aliphatic carboxylic acids is 1. The highest BCUT2D eigenvalue weighted by molar-refractivity contribution is 5.96. The summed E-state index contributed by atoms with van der Waals surface area (Å²) >= 11 is 0. The first-order valence-electron chi connectivity index (χ1n) is 19.0. The normalized spacial score (nSPS) is 14.5. The quantitative estimate of drug-likeness (QED) is 0.0433. The fourth-order valence-corrected chi connectivity index (χ4v) is 5.57. The Morgan fingerprint density at radius 2 is 1.29 bits per heavy atom. The van der Waals surface area contributed by atoms with E-state index in [2.05, 4.69) is 41.9 Å². The molecule has 0 spiro atoms. The molecule has 56 heavy (non-hydrogen) atoms. The van der Waals surface area contributed by atoms with Crippen LogP contribution in [0, 0.1) is 17.8 Å². The molecule has 0 unspecified atom stereocenters. The molecule has 1 aromatic heterocycles. The van der Waals surface area contributed by atoms with Crippen molar-refractivity contribution in [3.8, 4) is 0 Å². The van der Waals surface area contributed by atoms with Crippen molar-refractivity contribution in [2.24, 2.45) is 35.0 Å². The number of nitrogens with two attached hydrogens (primary N) is 3. The lowest BCUT2D eigenvalue weighted by atomic mass is 9.99. The zero-order valence-electron chi connectivity index (χ0n) is 33.3. The summed E-state index contributed by atoms with van der Waals surface area (Å²) < 4.78 is 0. The predicted molar refractivity (Wildman–Crippen MR) is 206 cm³/mol. The number of primary amides is 1. The van der Waals surface area contributed by atoms with Crippen molar-refractivity contribution < 1.29 is 43.5 Å². The number of amides is 7. The van der Waals surface area contributed by atoms with Gasteiger partial charge in [0.05, 0.1) is 18.9 Å². The number of hydrogen-bond acceptors (Lipinski definition) is 11. The van der Waals surface area contributed by atoms with E-state index in [-0.39, 0.29) is 56.3 Å². The lowest BCUT2D eigenvalue weighted by Gasteiger charge is -2.27. The maximum absolute atomic E-state index is 13.7. The molecule has 0 saturated heterocycles. The summed E-state index contributed by atoms with van der Waals surface area (Å²) in [5.41, 5.74) is 17.4. The molecule has 1 aromatic rings. The van der Waals surface area contributed by atoms with Gasteiger partial charge in [0.2, 0.25) is 41.4 Å². The van der Waals surface area contributed by atoms with Crippen molar-refractivity contribution in [1.29, 1.82) is 0 Å². The predicted octanol–water partition coefficient (Wildman–Crippen LogP) is -1.95. The molecule has 6 atom stereocenters. The van der Waals surface area contributed by atoms with E-state index in [0.717, 1.165) is 0 Å². The first kappa shape index (κ1) is 48.9. The molecule has 0 bridgehead atoms. The number of aromatic amines is 1. The van der Waals surface area contributed by atoms with Crippen LogP contribution in [0.5, 0.6) is 0 Å². The molecule has 14 N–H and O–H groups in total. The monoisotopic (exact) mass is 793 g/mol. The van der Waals surface area contributed by atoms with Gasteiger partial charge in [0.1, 0.15) is 30.2 Å². The van der Waals surface area contributed by atoms with Crippen LogP contribution in [0.1, 0.15) is 92.2 Å². The maximum atomic E-state index is 13.7. The molecule has 0 aromatic carbocycles. The van der Waals surface area contributed by atoms with E-state index in [4.69, 9.17) is 17.2 Å². The Labute approximate surface area is 327 Å². The minimum absolute atomic E-state index is 0.0876. The van der Waals surface area contributed by atoms with Crippen LogP contribution in [-0.2, 0) is 44.8 Å². The van der Waals surface area contributed by atoms with Crippen LogP contribution < -0.4 is 49.1 Å². The number of carboxylic acid groups (broad SMARTS) is 1. The van der Waals surface area contributed by atoms with Crippen molar-refractivity contribution in [2.45, 2.75) is 129 Å². The third-order valence-electron chi connectivity index (χ3n) is 8.57. The van der Waals surface area contributed by atoms with Crippen LogP contribution in [0.4, 0.5) is 0 Å². The minimum atomic E-state index is -1.36. The Balaban J connectivity index is 3.05. The smallest absolute Gasteiger partial charge is 0.326 e. The zero-order chi connectivity index (χ0) is 42.5. The molecule has 0 aliphatic carbocycles. The van der Waals surface area contributed by atoms with Crippen LogP contribution in [-0.4, -0.2) is 112 Å². The summed E-state index contributed by atoms with van der Waals surface area (Å²) in [4.78, 5) is 110. The minimum Gasteiger partial charge on any atom is -0.480 e. The van der Waals surface area contributed by atoms with Gasteiger partial charge in [-0.2, -0.15) is 0 Å². The van der Waals surface area contributed by atoms with E-state index in [1.165, 1.54) is 12.5 Å². The number of rotatable bonds is 27. The number of carboxylic acids is 1. The second-order valence-corrected chi connectivity index (χ2v) is 15.0. The number of H-pyrrole nitrogens is 1. The third-order valence-corrected chi connectivity index (χ3v) is 8.57. The van der Waals surface area contributed by atoms with E-state index in [1.54, 1.807) is 27.7 Å². The molecule has 0 fully saturated rings. The molecule has 316 valence electrons. The van der Waals surface area contributed by atoms with E-state index in [0.29, 0.717) is 25.1 Å². The van der Waals surface area contributed by atoms with Crippen LogP contribution >= 0.6 is 0 Å². The van der Waals surface area contributed by atoms with E-state index in [1.807, 2.05) is 13.8 Å². The lowest BCUT2D eigenvalue weighted by molar-refractivity contribution is -0.142. The van der Waals surface area contributed by atoms with Crippen molar-refractivity contribution >= 4 is 47.3 Å². The molecule has 7 amide bonds. The third kappa shape index (κ3) is 19.0. The standard InChI is InChI=1S/C36H63N11O9/c1-19(2)13-26(43-29(49)17-41-35(54)30(21(5)6)47-31(50)23(38)15-22-16-40-18-42-22)33(52)46-27(14-20(3)4)34(53)44-24(10-11-28(39)48)32(51)45-25(36(55)56)9-7-8-12-37/h16,18-21,23-27,30H,7-15,17,37-38H2,1-6H3,(H2,39,48)(H,40,42)(H,41,54)(H,43,49)(H,44,53)(H,45,51)(H,46,52)(H,47,50)(H,55,56)/t23-,24-,25-,26-,27-,30-/m0/s1. The summed E-state index contributed by atoms with van der Waals surface area (Å²) in [6.45, 7) is 10.5. The molecular formula is C36H63N11O9. The average Bonchev–Trinajstić information content (AvgIpc) is 3.62. The van der Waals surface area contributed by atoms with Crippen LogP contribution in [0.3, 0.4) is 0 Å². The zero-order valence-corrected chi connectivity index (χ0v) is 33.3. The number of aromatic nitrogens is 2. The number of carbonyl (C=O) groups excluding carboxylic acids is 7. The molecular weight excluding hydrogens is 730 g/mol. The van der Waals surface area contributed by atoms with E-state index in [9.17, 15) is 43.5 Å². The summed E-state index contributed by atoms with van der Waals surface area (Å²) in [7, 11) is 0. The highest BCUT2D eigenvalue weighted by Crippen LogP contribution is 2.11. The Bertz CT molecular complexity index is 1450. The van der Waals surface area contributed by atoms with Crippen molar-refractivity contribution in [2.75, 3.05) is 13.1 Å². The SMILES string of the molecule is CC(C)C[C@H](NC(=O)CNC(=O)[C@@H](NC(=O)[C@@H](N)Cc1cnc[nH]1)C(C)C)C(=O)N[C@@H](CC(C)C)C(=O)N[C@@H](CCC(N)=O)C(=O)N[C@@H](CCCCN)C(=O)O. The second kappa shape index (κ2) is 25.1. The van der Waals surface area contributed by atoms with Crippen LogP contribution in [0.15, 0.2) is 12.5 Å². The van der Waals surface area contributed by atoms with Gasteiger partial charge in [-0.25, -0.2) is 9.78 Å². The number of nitrogens with one attached hydrogen (secondary N) is 7. The van der Waals surface area contributed by atoms with Gasteiger partial charge in [0.25, 0.3) is 0 Å². The molecule has 1 heterocycles. The molecule has 0 aliphatic rings. The van der Waals surface area contributed by atoms with Crippen molar-refractivity contribution in [3.63, 3.8) is 0 Å². The lowest BCUT2D eigenvalue weighted by Crippen LogP contribution is -2.59. The largest absolute Gasteiger partial charge is 0.480 e. The molecule has 0 saturated carbocycles. The van der Waals surface area contributed by atoms with Crippen LogP contribution in [0.2, 0.25) is 0 Å². The number of carbonyl (C=O) groups is 8. The topological polar surface area (TPSA) is 336 Å². The fraction of sp³-hybridized carbons (Fsp3) is 0.694. The number of hydrogen-bond donors (Lipinski definition) is 11. The van der Waals surface area contributed by atoms with Crippen molar-refractivity contribution in [1.82, 2.24) is 41.9 Å². The van der Waals surface area contributed by atoms with Gasteiger partial charge in [0, 0.05) is 24.7 Å². The molecule has 0 aliphatic heterocycles. The Morgan fingerprint density at radius 1 is 0.732 bits per heavy atom. The van der Waals surface area contributed by atoms with Crippen LogP contribution in [0.25, 0.3) is 0 Å². The average molecular weight is 794 g/mol. The first-order valence-corrected chi connectivity index (χ1v) is 19.0. The Morgan fingerprint density at radius 3 is 1.79 bits per heavy atom. The Hall–Kier alpha value is -5.11. The summed E-state index contributed by atoms with van der Waals surface area (Å²) in [5, 5.41) is 24.9. The van der Waals surface area contributed by atoms with Gasteiger partial charge in [-0.1, -0.05) is 41.5 Å². The van der Waals surface area contributed by atoms with Gasteiger partial charge in [0.15, 0.2) is 0 Å². The van der Waals surface area contributed by atoms with E-state index >= 15 is 0 Å². The van der Waals surface area contributed by atoms with E-state index < -0.39 is 90.1 Å². The molecule has 1 rings (SSSR count). The summed E-state index contributed by atoms with van der Waals surface area (Å²) in [6.07, 6.45) is 3.93. The molecule has 0 radical (unpaired) electrons. The number of unbranched alkanes of at least 4 members (excludes halogenated alkanes) is 1. The highest BCUT2D eigenvalue weighted by atomic mass is 16.4. The van der Waals surface area contributed by atoms with Gasteiger partial charge in [-0.05, 0) is 62.8 Å². The molecule has 20 nitrogen and oxygen atoms in total. The van der Waals surface area contributed by atoms with Gasteiger partial charge < -0.3 is 59.2 Å². The van der Waals surface area contributed by atoms with Gasteiger partial charge in [-0.3, -0.25) is 33.6 Å². The van der Waals surface area contributed by atoms with Gasteiger partial charge >= 0.3 is 5.97 Å².